The van der Waals surface area contributed by atoms with Crippen LogP contribution in [-0.2, 0) is 17.4 Å². The Bertz CT molecular complexity index is 1500. The van der Waals surface area contributed by atoms with Crippen molar-refractivity contribution in [2.75, 3.05) is 38.2 Å². The molecule has 1 saturated heterocycles. The van der Waals surface area contributed by atoms with Crippen molar-refractivity contribution < 1.29 is 22.7 Å². The Labute approximate surface area is 226 Å². The molecule has 1 fully saturated rings. The molecule has 0 bridgehead atoms. The van der Waals surface area contributed by atoms with Gasteiger partial charge in [0.15, 0.2) is 11.3 Å². The molecular weight excluding hydrogens is 542 g/mol. The second kappa shape index (κ2) is 10.3. The monoisotopic (exact) mass is 563 g/mol. The summed E-state index contributed by atoms with van der Waals surface area (Å²) in [5.74, 6) is 0.538. The molecule has 0 atom stereocenters. The predicted octanol–water partition coefficient (Wildman–Crippen LogP) is 5.62. The number of rotatable bonds is 5. The third-order valence-corrected chi connectivity index (χ3v) is 7.11. The van der Waals surface area contributed by atoms with Gasteiger partial charge >= 0.3 is 6.18 Å². The van der Waals surface area contributed by atoms with Gasteiger partial charge in [-0.3, -0.25) is 4.79 Å². The second-order valence-corrected chi connectivity index (χ2v) is 9.59. The number of ether oxygens (including phenoxy) is 1. The number of aromatic nitrogens is 3. The molecule has 0 aliphatic carbocycles. The molecule has 198 valence electrons. The standard InChI is InChI=1S/C26H22Cl2F3N5O2/c1-38-22-5-3-2-4-21(22)34-8-10-35(11-9-34)25(37)14-17-13-24-32-20(16-6-7-18(27)19(28)12-16)15-23(26(29,30)31)36(24)33-17/h2-7,12-13,15H,8-11,14H2,1H3. The van der Waals surface area contributed by atoms with Crippen LogP contribution in [-0.4, -0.2) is 58.7 Å². The fraction of sp³-hybridized carbons (Fsp3) is 0.269. The van der Waals surface area contributed by atoms with E-state index in [-0.39, 0.29) is 39.4 Å². The molecule has 2 aromatic carbocycles. The van der Waals surface area contributed by atoms with Crippen molar-refractivity contribution in [3.8, 4) is 17.0 Å². The first-order chi connectivity index (χ1) is 18.1. The Morgan fingerprint density at radius 3 is 2.42 bits per heavy atom. The number of hydrogen-bond donors (Lipinski definition) is 0. The number of benzene rings is 2. The van der Waals surface area contributed by atoms with E-state index in [0.29, 0.717) is 31.7 Å². The molecule has 1 aliphatic heterocycles. The lowest BCUT2D eigenvalue weighted by Crippen LogP contribution is -2.49. The zero-order valence-electron chi connectivity index (χ0n) is 20.2. The van der Waals surface area contributed by atoms with Crippen molar-refractivity contribution in [2.45, 2.75) is 12.6 Å². The first kappa shape index (κ1) is 26.1. The van der Waals surface area contributed by atoms with Crippen LogP contribution in [0.4, 0.5) is 18.9 Å². The van der Waals surface area contributed by atoms with E-state index in [4.69, 9.17) is 27.9 Å². The lowest BCUT2D eigenvalue weighted by Gasteiger charge is -2.36. The number of methoxy groups -OCH3 is 1. The molecule has 7 nitrogen and oxygen atoms in total. The minimum absolute atomic E-state index is 0.0234. The predicted molar refractivity (Wildman–Crippen MR) is 139 cm³/mol. The molecule has 5 rings (SSSR count). The topological polar surface area (TPSA) is 63.0 Å². The lowest BCUT2D eigenvalue weighted by atomic mass is 10.1. The number of para-hydroxylation sites is 2. The summed E-state index contributed by atoms with van der Waals surface area (Å²) in [6, 6.07) is 14.5. The van der Waals surface area contributed by atoms with Gasteiger partial charge in [-0.2, -0.15) is 18.3 Å². The Morgan fingerprint density at radius 1 is 1.00 bits per heavy atom. The number of fused-ring (bicyclic) bond motifs is 1. The van der Waals surface area contributed by atoms with Crippen LogP contribution in [0.25, 0.3) is 16.9 Å². The van der Waals surface area contributed by atoms with E-state index < -0.39 is 11.9 Å². The second-order valence-electron chi connectivity index (χ2n) is 8.78. The number of carbonyl (C=O) groups excluding carboxylic acids is 1. The van der Waals surface area contributed by atoms with E-state index in [1.807, 2.05) is 24.3 Å². The molecule has 12 heteroatoms. The van der Waals surface area contributed by atoms with Gasteiger partial charge in [-0.1, -0.05) is 41.4 Å². The fourth-order valence-corrected chi connectivity index (χ4v) is 4.77. The maximum atomic E-state index is 13.9. The molecule has 0 N–H and O–H groups in total. The van der Waals surface area contributed by atoms with Gasteiger partial charge in [-0.25, -0.2) is 9.50 Å². The molecular formula is C26H22Cl2F3N5O2. The van der Waals surface area contributed by atoms with Crippen molar-refractivity contribution in [1.82, 2.24) is 19.5 Å². The van der Waals surface area contributed by atoms with Crippen LogP contribution in [0, 0.1) is 0 Å². The first-order valence-corrected chi connectivity index (χ1v) is 12.5. The summed E-state index contributed by atoms with van der Waals surface area (Å²) in [5, 5.41) is 4.56. The molecule has 38 heavy (non-hydrogen) atoms. The highest BCUT2D eigenvalue weighted by Crippen LogP contribution is 2.34. The number of piperazine rings is 1. The van der Waals surface area contributed by atoms with Gasteiger partial charge < -0.3 is 14.5 Å². The van der Waals surface area contributed by atoms with Crippen molar-refractivity contribution in [3.63, 3.8) is 0 Å². The van der Waals surface area contributed by atoms with E-state index in [1.165, 1.54) is 18.2 Å². The number of nitrogens with zero attached hydrogens (tertiary/aromatic N) is 5. The van der Waals surface area contributed by atoms with E-state index in [0.717, 1.165) is 22.0 Å². The average Bonchev–Trinajstić information content (AvgIpc) is 3.31. The summed E-state index contributed by atoms with van der Waals surface area (Å²) < 4.78 is 47.9. The van der Waals surface area contributed by atoms with Gasteiger partial charge in [0, 0.05) is 37.8 Å². The van der Waals surface area contributed by atoms with E-state index in [9.17, 15) is 18.0 Å². The number of carbonyl (C=O) groups is 1. The van der Waals surface area contributed by atoms with E-state index in [2.05, 4.69) is 15.0 Å². The summed E-state index contributed by atoms with van der Waals surface area (Å²) in [5.41, 5.74) is 0.558. The molecule has 1 aliphatic rings. The van der Waals surface area contributed by atoms with Crippen LogP contribution >= 0.6 is 23.2 Å². The van der Waals surface area contributed by atoms with Crippen LogP contribution in [0.1, 0.15) is 11.4 Å². The summed E-state index contributed by atoms with van der Waals surface area (Å²) in [6.07, 6.45) is -4.84. The van der Waals surface area contributed by atoms with Gasteiger partial charge in [0.05, 0.1) is 40.7 Å². The minimum atomic E-state index is -4.70. The summed E-state index contributed by atoms with van der Waals surface area (Å²) in [4.78, 5) is 21.2. The third-order valence-electron chi connectivity index (χ3n) is 6.37. The number of anilines is 1. The zero-order valence-corrected chi connectivity index (χ0v) is 21.7. The average molecular weight is 564 g/mol. The normalized spacial score (nSPS) is 14.3. The van der Waals surface area contributed by atoms with E-state index >= 15 is 0 Å². The fourth-order valence-electron chi connectivity index (χ4n) is 4.47. The van der Waals surface area contributed by atoms with Crippen molar-refractivity contribution in [1.29, 1.82) is 0 Å². The van der Waals surface area contributed by atoms with Crippen LogP contribution in [0.3, 0.4) is 0 Å². The number of amides is 1. The molecule has 1 amide bonds. The van der Waals surface area contributed by atoms with Gasteiger partial charge in [0.25, 0.3) is 0 Å². The largest absolute Gasteiger partial charge is 0.495 e. The van der Waals surface area contributed by atoms with Crippen LogP contribution < -0.4 is 9.64 Å². The maximum absolute atomic E-state index is 13.9. The zero-order chi connectivity index (χ0) is 27.0. The lowest BCUT2D eigenvalue weighted by molar-refractivity contribution is -0.142. The first-order valence-electron chi connectivity index (χ1n) is 11.7. The Kier molecular flexibility index (Phi) is 7.11. The highest BCUT2D eigenvalue weighted by atomic mass is 35.5. The molecule has 0 spiro atoms. The van der Waals surface area contributed by atoms with Gasteiger partial charge in [0.1, 0.15) is 5.75 Å². The SMILES string of the molecule is COc1ccccc1N1CCN(C(=O)Cc2cc3nc(-c4ccc(Cl)c(Cl)c4)cc(C(F)(F)F)n3n2)CC1. The smallest absolute Gasteiger partial charge is 0.433 e. The molecule has 3 heterocycles. The molecule has 0 unspecified atom stereocenters. The molecule has 2 aromatic heterocycles. The Hall–Kier alpha value is -3.50. The molecule has 4 aromatic rings. The summed E-state index contributed by atoms with van der Waals surface area (Å²) in [6.45, 7) is 2.14. The Balaban J connectivity index is 1.36. The molecule has 0 radical (unpaired) electrons. The summed E-state index contributed by atoms with van der Waals surface area (Å²) in [7, 11) is 1.61. The number of hydrogen-bond acceptors (Lipinski definition) is 5. The Morgan fingerprint density at radius 2 is 1.74 bits per heavy atom. The quantitative estimate of drug-likeness (QED) is 0.315. The van der Waals surface area contributed by atoms with Crippen molar-refractivity contribution >= 4 is 40.4 Å². The van der Waals surface area contributed by atoms with Crippen molar-refractivity contribution in [3.05, 3.63) is 76.0 Å². The highest BCUT2D eigenvalue weighted by molar-refractivity contribution is 6.42. The highest BCUT2D eigenvalue weighted by Gasteiger charge is 2.35. The van der Waals surface area contributed by atoms with Gasteiger partial charge in [0.2, 0.25) is 5.91 Å². The van der Waals surface area contributed by atoms with Gasteiger partial charge in [-0.05, 0) is 30.3 Å². The third kappa shape index (κ3) is 5.23. The maximum Gasteiger partial charge on any atom is 0.433 e. The molecule has 0 saturated carbocycles. The van der Waals surface area contributed by atoms with Gasteiger partial charge in [-0.15, -0.1) is 0 Å². The minimum Gasteiger partial charge on any atom is -0.495 e. The number of alkyl halides is 3. The van der Waals surface area contributed by atoms with Crippen LogP contribution in [0.2, 0.25) is 10.0 Å². The van der Waals surface area contributed by atoms with E-state index in [1.54, 1.807) is 18.1 Å². The summed E-state index contributed by atoms with van der Waals surface area (Å²) >= 11 is 12.0. The van der Waals surface area contributed by atoms with Crippen LogP contribution in [0.5, 0.6) is 5.75 Å². The van der Waals surface area contributed by atoms with Crippen LogP contribution in [0.15, 0.2) is 54.6 Å². The number of halogens is 5. The van der Waals surface area contributed by atoms with Crippen molar-refractivity contribution in [2.24, 2.45) is 0 Å².